The highest BCUT2D eigenvalue weighted by Crippen LogP contribution is 2.43. The zero-order chi connectivity index (χ0) is 12.6. The predicted octanol–water partition coefficient (Wildman–Crippen LogP) is 2.46. The van der Waals surface area contributed by atoms with Crippen LogP contribution in [0.5, 0.6) is 0 Å². The molecule has 0 unspecified atom stereocenters. The SMILES string of the molecule is COCCOCCC1(CNCC(C)C)CCC1. The van der Waals surface area contributed by atoms with Crippen molar-refractivity contribution >= 4 is 0 Å². The van der Waals surface area contributed by atoms with Crippen LogP contribution in [0.2, 0.25) is 0 Å². The first-order valence-electron chi connectivity index (χ1n) is 6.96. The van der Waals surface area contributed by atoms with Crippen LogP contribution < -0.4 is 5.32 Å². The van der Waals surface area contributed by atoms with Gasteiger partial charge in [0, 0.05) is 20.3 Å². The Hall–Kier alpha value is -0.120. The molecule has 0 heterocycles. The lowest BCUT2D eigenvalue weighted by Crippen LogP contribution is -2.41. The number of hydrogen-bond acceptors (Lipinski definition) is 3. The van der Waals surface area contributed by atoms with E-state index in [4.69, 9.17) is 9.47 Å². The maximum absolute atomic E-state index is 5.58. The fraction of sp³-hybridized carbons (Fsp3) is 1.00. The van der Waals surface area contributed by atoms with E-state index in [2.05, 4.69) is 19.2 Å². The molecule has 0 radical (unpaired) electrons. The topological polar surface area (TPSA) is 30.5 Å². The molecule has 0 aliphatic heterocycles. The molecule has 0 amide bonds. The van der Waals surface area contributed by atoms with Crippen LogP contribution in [0.3, 0.4) is 0 Å². The van der Waals surface area contributed by atoms with Crippen molar-refractivity contribution in [3.8, 4) is 0 Å². The molecule has 0 saturated heterocycles. The van der Waals surface area contributed by atoms with E-state index in [1.165, 1.54) is 32.2 Å². The smallest absolute Gasteiger partial charge is 0.0700 e. The van der Waals surface area contributed by atoms with Gasteiger partial charge in [-0.25, -0.2) is 0 Å². The van der Waals surface area contributed by atoms with Crippen LogP contribution in [0, 0.1) is 11.3 Å². The number of nitrogens with one attached hydrogen (secondary N) is 1. The maximum Gasteiger partial charge on any atom is 0.0700 e. The van der Waals surface area contributed by atoms with Crippen molar-refractivity contribution in [2.24, 2.45) is 11.3 Å². The minimum absolute atomic E-state index is 0.530. The molecule has 102 valence electrons. The lowest BCUT2D eigenvalue weighted by atomic mass is 9.66. The van der Waals surface area contributed by atoms with Gasteiger partial charge in [-0.3, -0.25) is 0 Å². The summed E-state index contributed by atoms with van der Waals surface area (Å²) in [4.78, 5) is 0. The Morgan fingerprint density at radius 2 is 1.94 bits per heavy atom. The van der Waals surface area contributed by atoms with E-state index in [9.17, 15) is 0 Å². The quantitative estimate of drug-likeness (QED) is 0.598. The van der Waals surface area contributed by atoms with Crippen molar-refractivity contribution in [1.29, 1.82) is 0 Å². The van der Waals surface area contributed by atoms with E-state index < -0.39 is 0 Å². The van der Waals surface area contributed by atoms with Gasteiger partial charge in [0.2, 0.25) is 0 Å². The minimum Gasteiger partial charge on any atom is -0.382 e. The van der Waals surface area contributed by atoms with Crippen molar-refractivity contribution < 1.29 is 9.47 Å². The largest absolute Gasteiger partial charge is 0.382 e. The summed E-state index contributed by atoms with van der Waals surface area (Å²) in [5, 5.41) is 3.60. The summed E-state index contributed by atoms with van der Waals surface area (Å²) in [7, 11) is 1.71. The molecule has 3 heteroatoms. The second kappa shape index (κ2) is 8.06. The number of methoxy groups -OCH3 is 1. The van der Waals surface area contributed by atoms with Crippen LogP contribution in [0.15, 0.2) is 0 Å². The van der Waals surface area contributed by atoms with Crippen LogP contribution in [-0.4, -0.2) is 40.0 Å². The summed E-state index contributed by atoms with van der Waals surface area (Å²) in [6.45, 7) is 9.13. The molecule has 3 nitrogen and oxygen atoms in total. The molecule has 0 spiro atoms. The second-order valence-corrected chi connectivity index (χ2v) is 5.73. The Morgan fingerprint density at radius 3 is 2.47 bits per heavy atom. The second-order valence-electron chi connectivity index (χ2n) is 5.73. The maximum atomic E-state index is 5.58. The highest BCUT2D eigenvalue weighted by molar-refractivity contribution is 4.89. The monoisotopic (exact) mass is 243 g/mol. The fourth-order valence-corrected chi connectivity index (χ4v) is 2.35. The molecule has 1 fully saturated rings. The van der Waals surface area contributed by atoms with Crippen molar-refractivity contribution in [2.45, 2.75) is 39.5 Å². The minimum atomic E-state index is 0.530. The van der Waals surface area contributed by atoms with Crippen molar-refractivity contribution in [1.82, 2.24) is 5.32 Å². The molecule has 0 bridgehead atoms. The lowest BCUT2D eigenvalue weighted by Gasteiger charge is -2.42. The molecule has 1 saturated carbocycles. The number of hydrogen-bond donors (Lipinski definition) is 1. The third-order valence-corrected chi connectivity index (χ3v) is 3.68. The zero-order valence-corrected chi connectivity index (χ0v) is 11.8. The van der Waals surface area contributed by atoms with Crippen LogP contribution in [0.4, 0.5) is 0 Å². The normalized spacial score (nSPS) is 18.4. The van der Waals surface area contributed by atoms with E-state index in [-0.39, 0.29) is 0 Å². The first-order chi connectivity index (χ1) is 8.18. The van der Waals surface area contributed by atoms with Crippen LogP contribution in [0.25, 0.3) is 0 Å². The molecule has 1 rings (SSSR count). The van der Waals surface area contributed by atoms with E-state index >= 15 is 0 Å². The van der Waals surface area contributed by atoms with Crippen LogP contribution >= 0.6 is 0 Å². The average molecular weight is 243 g/mol. The molecule has 0 aromatic carbocycles. The molecule has 1 aliphatic carbocycles. The van der Waals surface area contributed by atoms with Gasteiger partial charge < -0.3 is 14.8 Å². The summed E-state index contributed by atoms with van der Waals surface area (Å²) in [6, 6.07) is 0. The molecule has 17 heavy (non-hydrogen) atoms. The summed E-state index contributed by atoms with van der Waals surface area (Å²) in [6.07, 6.45) is 5.32. The van der Waals surface area contributed by atoms with Gasteiger partial charge in [0.1, 0.15) is 0 Å². The van der Waals surface area contributed by atoms with Gasteiger partial charge >= 0.3 is 0 Å². The highest BCUT2D eigenvalue weighted by atomic mass is 16.5. The molecule has 0 atom stereocenters. The van der Waals surface area contributed by atoms with E-state index in [0.717, 1.165) is 25.7 Å². The number of ether oxygens (including phenoxy) is 2. The summed E-state index contributed by atoms with van der Waals surface area (Å²) in [5.41, 5.74) is 0.530. The number of rotatable bonds is 10. The molecule has 0 aromatic heterocycles. The van der Waals surface area contributed by atoms with Crippen LogP contribution in [-0.2, 0) is 9.47 Å². The Morgan fingerprint density at radius 1 is 1.18 bits per heavy atom. The summed E-state index contributed by atoms with van der Waals surface area (Å²) < 4.78 is 10.5. The van der Waals surface area contributed by atoms with E-state index in [1.807, 2.05) is 0 Å². The van der Waals surface area contributed by atoms with Gasteiger partial charge in [-0.15, -0.1) is 0 Å². The van der Waals surface area contributed by atoms with E-state index in [0.29, 0.717) is 12.0 Å². The molecular weight excluding hydrogens is 214 g/mol. The Labute approximate surface area is 106 Å². The first kappa shape index (κ1) is 14.9. The van der Waals surface area contributed by atoms with Gasteiger partial charge in [-0.2, -0.15) is 0 Å². The first-order valence-corrected chi connectivity index (χ1v) is 6.96. The molecule has 1 aliphatic rings. The third kappa shape index (κ3) is 5.84. The van der Waals surface area contributed by atoms with Gasteiger partial charge in [0.15, 0.2) is 0 Å². The standard InChI is InChI=1S/C14H29NO2/c1-13(2)11-15-12-14(5-4-6-14)7-8-17-10-9-16-3/h13,15H,4-12H2,1-3H3. The summed E-state index contributed by atoms with van der Waals surface area (Å²) in [5.74, 6) is 0.741. The molecular formula is C14H29NO2. The third-order valence-electron chi connectivity index (χ3n) is 3.68. The molecule has 0 aromatic rings. The van der Waals surface area contributed by atoms with Crippen molar-refractivity contribution in [3.63, 3.8) is 0 Å². The zero-order valence-electron chi connectivity index (χ0n) is 11.8. The highest BCUT2D eigenvalue weighted by Gasteiger charge is 2.35. The Balaban J connectivity index is 2.08. The van der Waals surface area contributed by atoms with Crippen LogP contribution in [0.1, 0.15) is 39.5 Å². The van der Waals surface area contributed by atoms with Gasteiger partial charge in [0.25, 0.3) is 0 Å². The Kier molecular flexibility index (Phi) is 7.09. The predicted molar refractivity (Wildman–Crippen MR) is 71.3 cm³/mol. The lowest BCUT2D eigenvalue weighted by molar-refractivity contribution is 0.0274. The van der Waals surface area contributed by atoms with Gasteiger partial charge in [0.05, 0.1) is 13.2 Å². The molecule has 1 N–H and O–H groups in total. The van der Waals surface area contributed by atoms with Crippen molar-refractivity contribution in [2.75, 3.05) is 40.0 Å². The van der Waals surface area contributed by atoms with Crippen molar-refractivity contribution in [3.05, 3.63) is 0 Å². The fourth-order valence-electron chi connectivity index (χ4n) is 2.35. The van der Waals surface area contributed by atoms with E-state index in [1.54, 1.807) is 7.11 Å². The van der Waals surface area contributed by atoms with Gasteiger partial charge in [-0.05, 0) is 37.1 Å². The van der Waals surface area contributed by atoms with Gasteiger partial charge in [-0.1, -0.05) is 20.3 Å². The Bertz CT molecular complexity index is 191. The average Bonchev–Trinajstić information content (AvgIpc) is 2.23. The summed E-state index contributed by atoms with van der Waals surface area (Å²) >= 11 is 0.